The van der Waals surface area contributed by atoms with E-state index < -0.39 is 0 Å². The van der Waals surface area contributed by atoms with Gasteiger partial charge >= 0.3 is 0 Å². The first-order valence-corrected chi connectivity index (χ1v) is 7.99. The summed E-state index contributed by atoms with van der Waals surface area (Å²) in [4.78, 5) is 8.89. The Labute approximate surface area is 121 Å². The first kappa shape index (κ1) is 13.7. The quantitative estimate of drug-likeness (QED) is 0.797. The van der Waals surface area contributed by atoms with Gasteiger partial charge in [-0.15, -0.1) is 0 Å². The van der Waals surface area contributed by atoms with E-state index in [-0.39, 0.29) is 0 Å². The second-order valence-electron chi connectivity index (χ2n) is 6.66. The fraction of sp³-hybridized carbons (Fsp3) is 0.750. The fourth-order valence-corrected chi connectivity index (χ4v) is 3.24. The molecule has 2 fully saturated rings. The van der Waals surface area contributed by atoms with E-state index in [4.69, 9.17) is 0 Å². The molecule has 0 aromatic carbocycles. The summed E-state index contributed by atoms with van der Waals surface area (Å²) in [6.07, 6.45) is 7.33. The van der Waals surface area contributed by atoms with Crippen LogP contribution in [-0.2, 0) is 0 Å². The maximum Gasteiger partial charge on any atom is 0.135 e. The highest BCUT2D eigenvalue weighted by Gasteiger charge is 2.53. The normalized spacial score (nSPS) is 20.0. The molecule has 0 bridgehead atoms. The van der Waals surface area contributed by atoms with Gasteiger partial charge in [-0.2, -0.15) is 0 Å². The summed E-state index contributed by atoms with van der Waals surface area (Å²) in [5.74, 6) is 3.41. The van der Waals surface area contributed by atoms with Crippen molar-refractivity contribution < 1.29 is 0 Å². The van der Waals surface area contributed by atoms with Crippen LogP contribution in [0, 0.1) is 11.3 Å². The average Bonchev–Trinajstić information content (AvgIpc) is 3.27. The summed E-state index contributed by atoms with van der Waals surface area (Å²) >= 11 is 0. The molecule has 1 heterocycles. The molecule has 1 aromatic heterocycles. The van der Waals surface area contributed by atoms with Crippen molar-refractivity contribution in [3.8, 4) is 0 Å². The number of hydrogen-bond acceptors (Lipinski definition) is 4. The Morgan fingerprint density at radius 2 is 1.85 bits per heavy atom. The van der Waals surface area contributed by atoms with E-state index in [9.17, 15) is 0 Å². The smallest absolute Gasteiger partial charge is 0.135 e. The lowest BCUT2D eigenvalue weighted by atomic mass is 10.00. The SMILES string of the molecule is CCNc1ncnc(NCC2(C3CC3)CC2)c1C(C)C. The van der Waals surface area contributed by atoms with Gasteiger partial charge in [-0.3, -0.25) is 0 Å². The molecule has 0 atom stereocenters. The first-order chi connectivity index (χ1) is 9.66. The highest BCUT2D eigenvalue weighted by Crippen LogP contribution is 2.61. The Hall–Kier alpha value is -1.32. The molecule has 0 amide bonds. The summed E-state index contributed by atoms with van der Waals surface area (Å²) in [7, 11) is 0. The lowest BCUT2D eigenvalue weighted by Gasteiger charge is -2.20. The van der Waals surface area contributed by atoms with Crippen molar-refractivity contribution in [2.45, 2.75) is 52.4 Å². The topological polar surface area (TPSA) is 49.8 Å². The molecule has 0 aliphatic heterocycles. The summed E-state index contributed by atoms with van der Waals surface area (Å²) in [5, 5.41) is 6.98. The molecular formula is C16H26N4. The predicted octanol–water partition coefficient (Wildman–Crippen LogP) is 3.63. The van der Waals surface area contributed by atoms with Gasteiger partial charge in [0.25, 0.3) is 0 Å². The minimum atomic E-state index is 0.420. The van der Waals surface area contributed by atoms with Crippen LogP contribution in [-0.4, -0.2) is 23.1 Å². The van der Waals surface area contributed by atoms with E-state index in [1.54, 1.807) is 6.33 Å². The molecule has 2 aliphatic carbocycles. The van der Waals surface area contributed by atoms with E-state index in [0.29, 0.717) is 11.3 Å². The standard InChI is InChI=1S/C16H26N4/c1-4-17-14-13(11(2)3)15(20-10-19-14)18-9-16(7-8-16)12-5-6-12/h10-12H,4-9H2,1-3H3,(H2,17,18,19,20). The predicted molar refractivity (Wildman–Crippen MR) is 83.2 cm³/mol. The monoisotopic (exact) mass is 274 g/mol. The minimum absolute atomic E-state index is 0.420. The van der Waals surface area contributed by atoms with Crippen LogP contribution in [0.25, 0.3) is 0 Å². The van der Waals surface area contributed by atoms with Crippen molar-refractivity contribution in [1.29, 1.82) is 0 Å². The summed E-state index contributed by atoms with van der Waals surface area (Å²) in [5.41, 5.74) is 1.82. The molecule has 110 valence electrons. The van der Waals surface area contributed by atoms with Crippen LogP contribution >= 0.6 is 0 Å². The lowest BCUT2D eigenvalue weighted by molar-refractivity contribution is 0.466. The van der Waals surface area contributed by atoms with Gasteiger partial charge in [0.1, 0.15) is 18.0 Å². The molecule has 0 unspecified atom stereocenters. The van der Waals surface area contributed by atoms with Gasteiger partial charge in [-0.05, 0) is 49.9 Å². The van der Waals surface area contributed by atoms with Crippen LogP contribution in [0.3, 0.4) is 0 Å². The number of nitrogens with zero attached hydrogens (tertiary/aromatic N) is 2. The van der Waals surface area contributed by atoms with Crippen molar-refractivity contribution in [2.75, 3.05) is 23.7 Å². The van der Waals surface area contributed by atoms with Crippen molar-refractivity contribution in [1.82, 2.24) is 9.97 Å². The van der Waals surface area contributed by atoms with Crippen LogP contribution in [0.5, 0.6) is 0 Å². The molecule has 4 heteroatoms. The highest BCUT2D eigenvalue weighted by atomic mass is 15.1. The summed E-state index contributed by atoms with van der Waals surface area (Å²) in [6.45, 7) is 8.49. The minimum Gasteiger partial charge on any atom is -0.370 e. The number of hydrogen-bond donors (Lipinski definition) is 2. The van der Waals surface area contributed by atoms with Gasteiger partial charge in [0.05, 0.1) is 0 Å². The molecule has 0 saturated heterocycles. The van der Waals surface area contributed by atoms with Crippen LogP contribution in [0.1, 0.15) is 57.9 Å². The molecule has 4 nitrogen and oxygen atoms in total. The zero-order valence-corrected chi connectivity index (χ0v) is 12.9. The van der Waals surface area contributed by atoms with Crippen molar-refractivity contribution in [3.63, 3.8) is 0 Å². The molecule has 3 rings (SSSR count). The second-order valence-corrected chi connectivity index (χ2v) is 6.66. The van der Waals surface area contributed by atoms with E-state index in [2.05, 4.69) is 41.4 Å². The van der Waals surface area contributed by atoms with Gasteiger partial charge < -0.3 is 10.6 Å². The summed E-state index contributed by atoms with van der Waals surface area (Å²) in [6, 6.07) is 0. The highest BCUT2D eigenvalue weighted by molar-refractivity contribution is 5.59. The van der Waals surface area contributed by atoms with E-state index >= 15 is 0 Å². The van der Waals surface area contributed by atoms with Crippen LogP contribution in [0.4, 0.5) is 11.6 Å². The van der Waals surface area contributed by atoms with Crippen molar-refractivity contribution >= 4 is 11.6 Å². The maximum absolute atomic E-state index is 4.49. The van der Waals surface area contributed by atoms with E-state index in [0.717, 1.165) is 30.6 Å². The Balaban J connectivity index is 1.76. The number of anilines is 2. The Bertz CT molecular complexity index is 475. The first-order valence-electron chi connectivity index (χ1n) is 7.99. The third-order valence-corrected chi connectivity index (χ3v) is 4.75. The third-order valence-electron chi connectivity index (χ3n) is 4.75. The van der Waals surface area contributed by atoms with Gasteiger partial charge in [0, 0.05) is 18.7 Å². The maximum atomic E-state index is 4.49. The van der Waals surface area contributed by atoms with Gasteiger partial charge in [-0.25, -0.2) is 9.97 Å². The van der Waals surface area contributed by atoms with E-state index in [1.807, 2.05) is 0 Å². The summed E-state index contributed by atoms with van der Waals surface area (Å²) < 4.78 is 0. The second kappa shape index (κ2) is 5.23. The number of aromatic nitrogens is 2. The molecule has 2 aliphatic rings. The van der Waals surface area contributed by atoms with Crippen molar-refractivity contribution in [2.24, 2.45) is 11.3 Å². The molecule has 2 N–H and O–H groups in total. The number of rotatable bonds is 7. The van der Waals surface area contributed by atoms with Gasteiger partial charge in [-0.1, -0.05) is 13.8 Å². The molecule has 0 radical (unpaired) electrons. The third kappa shape index (κ3) is 2.60. The van der Waals surface area contributed by atoms with Crippen LogP contribution in [0.2, 0.25) is 0 Å². The fourth-order valence-electron chi connectivity index (χ4n) is 3.24. The zero-order valence-electron chi connectivity index (χ0n) is 12.9. The molecule has 20 heavy (non-hydrogen) atoms. The van der Waals surface area contributed by atoms with Gasteiger partial charge in [0.15, 0.2) is 0 Å². The largest absolute Gasteiger partial charge is 0.370 e. The molecular weight excluding hydrogens is 248 g/mol. The Morgan fingerprint density at radius 3 is 2.35 bits per heavy atom. The molecule has 1 aromatic rings. The Kier molecular flexibility index (Phi) is 3.57. The van der Waals surface area contributed by atoms with Crippen LogP contribution < -0.4 is 10.6 Å². The van der Waals surface area contributed by atoms with Crippen molar-refractivity contribution in [3.05, 3.63) is 11.9 Å². The Morgan fingerprint density at radius 1 is 1.20 bits per heavy atom. The zero-order chi connectivity index (χ0) is 14.2. The van der Waals surface area contributed by atoms with Gasteiger partial charge in [0.2, 0.25) is 0 Å². The molecule has 0 spiro atoms. The van der Waals surface area contributed by atoms with Crippen LogP contribution in [0.15, 0.2) is 6.33 Å². The van der Waals surface area contributed by atoms with E-state index in [1.165, 1.54) is 31.2 Å². The number of nitrogens with one attached hydrogen (secondary N) is 2. The lowest BCUT2D eigenvalue weighted by Crippen LogP contribution is -2.20. The molecule has 2 saturated carbocycles. The average molecular weight is 274 g/mol.